The van der Waals surface area contributed by atoms with Crippen molar-refractivity contribution in [1.82, 2.24) is 19.7 Å². The van der Waals surface area contributed by atoms with Gasteiger partial charge >= 0.3 is 0 Å². The first kappa shape index (κ1) is 16.7. The molecule has 3 aromatic rings. The molecule has 0 aliphatic heterocycles. The van der Waals surface area contributed by atoms with Crippen molar-refractivity contribution in [3.63, 3.8) is 0 Å². The Balaban J connectivity index is 1.90. The minimum atomic E-state index is -0.241. The fourth-order valence-corrected chi connectivity index (χ4v) is 3.20. The van der Waals surface area contributed by atoms with Crippen molar-refractivity contribution in [3.8, 4) is 11.3 Å². The molecule has 0 spiro atoms. The maximum absolute atomic E-state index is 12.5. The monoisotopic (exact) mass is 349 g/mol. The van der Waals surface area contributed by atoms with Gasteiger partial charge in [0, 0.05) is 11.5 Å². The molecule has 6 heteroatoms. The van der Waals surface area contributed by atoms with Crippen LogP contribution in [0.25, 0.3) is 22.3 Å². The van der Waals surface area contributed by atoms with E-state index in [0.717, 1.165) is 41.6 Å². The van der Waals surface area contributed by atoms with Gasteiger partial charge in [-0.25, -0.2) is 14.6 Å². The van der Waals surface area contributed by atoms with Crippen molar-refractivity contribution in [3.05, 3.63) is 36.7 Å². The lowest BCUT2D eigenvalue weighted by Crippen LogP contribution is -2.28. The molecular formula is C20H23N5O. The zero-order valence-corrected chi connectivity index (χ0v) is 15.4. The Labute approximate surface area is 152 Å². The molecule has 1 N–H and O–H groups in total. The molecule has 134 valence electrons. The van der Waals surface area contributed by atoms with Crippen LogP contribution >= 0.6 is 0 Å². The minimum Gasteiger partial charge on any atom is -0.310 e. The number of benzene rings is 1. The molecule has 2 heterocycles. The van der Waals surface area contributed by atoms with E-state index in [4.69, 9.17) is 5.10 Å². The SMILES string of the molecule is CC(C)(C)n1nc(-c2ccccc2)c2c(NC(=O)C3CCC3)ncnc21. The van der Waals surface area contributed by atoms with Gasteiger partial charge < -0.3 is 5.32 Å². The van der Waals surface area contributed by atoms with E-state index in [1.807, 2.05) is 35.0 Å². The number of anilines is 1. The number of nitrogens with zero attached hydrogens (tertiary/aromatic N) is 4. The van der Waals surface area contributed by atoms with Crippen LogP contribution in [0.5, 0.6) is 0 Å². The van der Waals surface area contributed by atoms with Crippen LogP contribution in [0.1, 0.15) is 40.0 Å². The summed E-state index contributed by atoms with van der Waals surface area (Å²) >= 11 is 0. The first-order valence-electron chi connectivity index (χ1n) is 9.05. The van der Waals surface area contributed by atoms with E-state index < -0.39 is 0 Å². The van der Waals surface area contributed by atoms with Crippen molar-refractivity contribution in [2.24, 2.45) is 5.92 Å². The second kappa shape index (κ2) is 6.20. The summed E-state index contributed by atoms with van der Waals surface area (Å²) < 4.78 is 1.91. The number of fused-ring (bicyclic) bond motifs is 1. The smallest absolute Gasteiger partial charge is 0.228 e. The van der Waals surface area contributed by atoms with E-state index in [-0.39, 0.29) is 17.4 Å². The molecule has 1 saturated carbocycles. The Morgan fingerprint density at radius 2 is 1.88 bits per heavy atom. The molecule has 6 nitrogen and oxygen atoms in total. The number of aromatic nitrogens is 4. The van der Waals surface area contributed by atoms with Crippen molar-refractivity contribution < 1.29 is 4.79 Å². The van der Waals surface area contributed by atoms with Gasteiger partial charge in [-0.15, -0.1) is 0 Å². The highest BCUT2D eigenvalue weighted by Gasteiger charge is 2.28. The second-order valence-corrected chi connectivity index (χ2v) is 7.84. The first-order chi connectivity index (χ1) is 12.4. The molecule has 1 fully saturated rings. The van der Waals surface area contributed by atoms with Crippen LogP contribution in [0.3, 0.4) is 0 Å². The molecule has 0 saturated heterocycles. The molecule has 2 aromatic heterocycles. The maximum atomic E-state index is 12.5. The van der Waals surface area contributed by atoms with E-state index >= 15 is 0 Å². The number of carbonyl (C=O) groups excluding carboxylic acids is 1. The van der Waals surface area contributed by atoms with Crippen LogP contribution in [-0.4, -0.2) is 25.7 Å². The summed E-state index contributed by atoms with van der Waals surface area (Å²) in [5.41, 5.74) is 2.26. The molecule has 0 radical (unpaired) electrons. The van der Waals surface area contributed by atoms with Gasteiger partial charge in [0.25, 0.3) is 0 Å². The quantitative estimate of drug-likeness (QED) is 0.776. The normalized spacial score (nSPS) is 15.0. The predicted molar refractivity (Wildman–Crippen MR) is 102 cm³/mol. The molecule has 0 unspecified atom stereocenters. The van der Waals surface area contributed by atoms with E-state index in [9.17, 15) is 4.79 Å². The Morgan fingerprint density at radius 3 is 2.50 bits per heavy atom. The summed E-state index contributed by atoms with van der Waals surface area (Å²) in [6.07, 6.45) is 4.52. The van der Waals surface area contributed by atoms with Crippen LogP contribution in [0, 0.1) is 5.92 Å². The highest BCUT2D eigenvalue weighted by Crippen LogP contribution is 2.35. The fourth-order valence-electron chi connectivity index (χ4n) is 3.20. The number of hydrogen-bond acceptors (Lipinski definition) is 4. The molecule has 26 heavy (non-hydrogen) atoms. The third-order valence-electron chi connectivity index (χ3n) is 4.86. The van der Waals surface area contributed by atoms with Gasteiger partial charge in [0.1, 0.15) is 17.8 Å². The molecule has 0 bridgehead atoms. The van der Waals surface area contributed by atoms with Gasteiger partial charge in [-0.3, -0.25) is 4.79 Å². The standard InChI is InChI=1S/C20H23N5O/c1-20(2,3)25-18-15(16(24-25)13-8-5-4-6-9-13)17(21-12-22-18)23-19(26)14-10-7-11-14/h4-6,8-9,12,14H,7,10-11H2,1-3H3,(H,21,22,23,26). The van der Waals surface area contributed by atoms with Gasteiger partial charge in [-0.05, 0) is 33.6 Å². The van der Waals surface area contributed by atoms with Crippen LogP contribution < -0.4 is 5.32 Å². The number of carbonyl (C=O) groups is 1. The number of rotatable bonds is 3. The number of amides is 1. The van der Waals surface area contributed by atoms with Gasteiger partial charge in [0.05, 0.1) is 10.9 Å². The number of hydrogen-bond donors (Lipinski definition) is 1. The summed E-state index contributed by atoms with van der Waals surface area (Å²) in [5.74, 6) is 0.679. The van der Waals surface area contributed by atoms with Crippen molar-refractivity contribution in [1.29, 1.82) is 0 Å². The third kappa shape index (κ3) is 2.85. The van der Waals surface area contributed by atoms with Crippen LogP contribution in [0.4, 0.5) is 5.82 Å². The van der Waals surface area contributed by atoms with Gasteiger partial charge in [0.2, 0.25) is 5.91 Å². The molecule has 4 rings (SSSR count). The van der Waals surface area contributed by atoms with Crippen molar-refractivity contribution >= 4 is 22.8 Å². The van der Waals surface area contributed by atoms with Gasteiger partial charge in [0.15, 0.2) is 5.65 Å². The van der Waals surface area contributed by atoms with Gasteiger partial charge in [-0.1, -0.05) is 36.8 Å². The molecular weight excluding hydrogens is 326 g/mol. The summed E-state index contributed by atoms with van der Waals surface area (Å²) in [6, 6.07) is 9.96. The average Bonchev–Trinajstić information content (AvgIpc) is 2.95. The Morgan fingerprint density at radius 1 is 1.15 bits per heavy atom. The lowest BCUT2D eigenvalue weighted by atomic mass is 9.85. The van der Waals surface area contributed by atoms with E-state index in [0.29, 0.717) is 5.82 Å². The lowest BCUT2D eigenvalue weighted by Gasteiger charge is -2.24. The van der Waals surface area contributed by atoms with Gasteiger partial charge in [-0.2, -0.15) is 5.10 Å². The van der Waals surface area contributed by atoms with Crippen molar-refractivity contribution in [2.75, 3.05) is 5.32 Å². The Hall–Kier alpha value is -2.76. The number of nitrogens with one attached hydrogen (secondary N) is 1. The summed E-state index contributed by atoms with van der Waals surface area (Å²) in [4.78, 5) is 21.3. The average molecular weight is 349 g/mol. The summed E-state index contributed by atoms with van der Waals surface area (Å²) in [6.45, 7) is 6.26. The van der Waals surface area contributed by atoms with E-state index in [2.05, 4.69) is 36.1 Å². The summed E-state index contributed by atoms with van der Waals surface area (Å²) in [7, 11) is 0. The van der Waals surface area contributed by atoms with E-state index in [1.54, 1.807) is 0 Å². The predicted octanol–water partition coefficient (Wildman–Crippen LogP) is 3.99. The maximum Gasteiger partial charge on any atom is 0.228 e. The summed E-state index contributed by atoms with van der Waals surface area (Å²) in [5, 5.41) is 8.65. The Kier molecular flexibility index (Phi) is 3.98. The fraction of sp³-hybridized carbons (Fsp3) is 0.400. The van der Waals surface area contributed by atoms with Crippen molar-refractivity contribution in [2.45, 2.75) is 45.6 Å². The molecule has 1 aromatic carbocycles. The zero-order chi connectivity index (χ0) is 18.3. The minimum absolute atomic E-state index is 0.0405. The zero-order valence-electron chi connectivity index (χ0n) is 15.4. The topological polar surface area (TPSA) is 72.7 Å². The molecule has 1 amide bonds. The Bertz CT molecular complexity index is 951. The highest BCUT2D eigenvalue weighted by molar-refractivity contribution is 6.05. The van der Waals surface area contributed by atoms with E-state index in [1.165, 1.54) is 6.33 Å². The highest BCUT2D eigenvalue weighted by atomic mass is 16.2. The first-order valence-corrected chi connectivity index (χ1v) is 9.05. The second-order valence-electron chi connectivity index (χ2n) is 7.84. The molecule has 1 aliphatic carbocycles. The lowest BCUT2D eigenvalue weighted by molar-refractivity contribution is -0.122. The van der Waals surface area contributed by atoms with Crippen LogP contribution in [0.15, 0.2) is 36.7 Å². The third-order valence-corrected chi connectivity index (χ3v) is 4.86. The molecule has 1 aliphatic rings. The van der Waals surface area contributed by atoms with Crippen LogP contribution in [0.2, 0.25) is 0 Å². The molecule has 0 atom stereocenters. The van der Waals surface area contributed by atoms with Crippen LogP contribution in [-0.2, 0) is 10.3 Å². The largest absolute Gasteiger partial charge is 0.310 e.